The fourth-order valence-corrected chi connectivity index (χ4v) is 7.72. The lowest BCUT2D eigenvalue weighted by molar-refractivity contribution is -0.138. The number of benzene rings is 3. The maximum Gasteiger partial charge on any atom is 0.321 e. The molecule has 0 aliphatic rings. The Hall–Kier alpha value is -5.11. The smallest absolute Gasteiger partial charge is 0.321 e. The Bertz CT molecular complexity index is 2530. The number of carboxylic acid groups (broad SMARTS) is 2. The average Bonchev–Trinajstić information content (AvgIpc) is 3.06. The highest BCUT2D eigenvalue weighted by Gasteiger charge is 2.25. The fraction of sp³-hybridized carbons (Fsp3) is 0.154. The lowest BCUT2D eigenvalue weighted by Gasteiger charge is -2.12. The van der Waals surface area contributed by atoms with Gasteiger partial charge in [0.2, 0.25) is 5.95 Å². The maximum absolute atomic E-state index is 12.3. The molecule has 29 heteroatoms. The van der Waals surface area contributed by atoms with Crippen LogP contribution in [0, 0.1) is 0 Å². The molecule has 0 aliphatic carbocycles. The van der Waals surface area contributed by atoms with E-state index in [9.17, 15) is 53.3 Å². The summed E-state index contributed by atoms with van der Waals surface area (Å²) in [6.45, 7) is 0. The van der Waals surface area contributed by atoms with E-state index in [1.807, 2.05) is 0 Å². The van der Waals surface area contributed by atoms with Gasteiger partial charge in [0.05, 0.1) is 10.6 Å². The highest BCUT2D eigenvalue weighted by Crippen LogP contribution is 2.37. The molecule has 2 atom stereocenters. The number of urea groups is 1. The number of rotatable bonds is 16. The summed E-state index contributed by atoms with van der Waals surface area (Å²) in [5.41, 5.74) is 15.4. The lowest BCUT2D eigenvalue weighted by atomic mass is 10.1. The number of anilines is 3. The molecule has 55 heavy (non-hydrogen) atoms. The van der Waals surface area contributed by atoms with Crippen molar-refractivity contribution in [2.75, 3.05) is 22.1 Å². The molecule has 0 bridgehead atoms. The van der Waals surface area contributed by atoms with E-state index in [2.05, 4.69) is 35.8 Å². The van der Waals surface area contributed by atoms with Crippen molar-refractivity contribution < 1.29 is 63.5 Å². The number of aromatic nitrogens is 3. The van der Waals surface area contributed by atoms with Gasteiger partial charge in [-0.15, -0.1) is 10.2 Å². The third-order valence-corrected chi connectivity index (χ3v) is 11.2. The molecule has 0 radical (unpaired) electrons. The Labute approximate surface area is 317 Å². The number of amides is 2. The number of fused-ring (bicyclic) bond motifs is 1. The normalized spacial score (nSPS) is 13.4. The van der Waals surface area contributed by atoms with Gasteiger partial charge >= 0.3 is 18.0 Å². The Balaban J connectivity index is 1.78. The number of thioether (sulfide) groups is 2. The summed E-state index contributed by atoms with van der Waals surface area (Å²) >= 11 is 1.69. The van der Waals surface area contributed by atoms with Gasteiger partial charge in [-0.3, -0.25) is 23.2 Å². The number of primary amides is 1. The lowest BCUT2D eigenvalue weighted by Crippen LogP contribution is -2.32. The van der Waals surface area contributed by atoms with E-state index in [-0.39, 0.29) is 44.8 Å². The molecule has 1 aromatic heterocycles. The second-order valence-electron chi connectivity index (χ2n) is 10.7. The minimum absolute atomic E-state index is 0.0158. The van der Waals surface area contributed by atoms with Crippen LogP contribution >= 0.6 is 23.5 Å². The minimum atomic E-state index is -5.23. The molecule has 0 spiro atoms. The van der Waals surface area contributed by atoms with Crippen LogP contribution < -0.4 is 27.8 Å². The van der Waals surface area contributed by atoms with Crippen molar-refractivity contribution in [3.63, 3.8) is 0 Å². The topological polar surface area (TPSA) is 420 Å². The minimum Gasteiger partial charge on any atom is -0.480 e. The first-order valence-corrected chi connectivity index (χ1v) is 20.6. The average molecular weight is 863 g/mol. The third kappa shape index (κ3) is 11.5. The Morgan fingerprint density at radius 1 is 0.727 bits per heavy atom. The number of nitrogens with two attached hydrogens (primary N) is 3. The summed E-state index contributed by atoms with van der Waals surface area (Å²) in [6, 6.07) is 2.46. The van der Waals surface area contributed by atoms with Gasteiger partial charge in [-0.25, -0.2) is 4.79 Å². The summed E-state index contributed by atoms with van der Waals surface area (Å²) < 4.78 is 102. The van der Waals surface area contributed by atoms with Crippen molar-refractivity contribution >= 4 is 111 Å². The van der Waals surface area contributed by atoms with Crippen molar-refractivity contribution in [2.45, 2.75) is 37.1 Å². The zero-order valence-corrected chi connectivity index (χ0v) is 31.1. The molecule has 0 saturated heterocycles. The van der Waals surface area contributed by atoms with Gasteiger partial charge < -0.3 is 38.0 Å². The van der Waals surface area contributed by atoms with Crippen LogP contribution in [-0.4, -0.2) is 106 Å². The predicted octanol–water partition coefficient (Wildman–Crippen LogP) is 1.42. The van der Waals surface area contributed by atoms with Gasteiger partial charge in [0.1, 0.15) is 33.2 Å². The Morgan fingerprint density at radius 3 is 1.76 bits per heavy atom. The van der Waals surface area contributed by atoms with Crippen LogP contribution in [-0.2, 0) is 39.9 Å². The number of nitrogens with zero attached hydrogens (tertiary/aromatic N) is 5. The van der Waals surface area contributed by atoms with Crippen LogP contribution in [0.5, 0.6) is 0 Å². The summed E-state index contributed by atoms with van der Waals surface area (Å²) in [5.74, 6) is -3.07. The zero-order valence-electron chi connectivity index (χ0n) is 27.0. The number of carbonyl (C=O) groups is 3. The number of nitrogens with one attached hydrogen (secondary N) is 2. The first-order chi connectivity index (χ1) is 25.4. The molecule has 0 saturated carbocycles. The summed E-state index contributed by atoms with van der Waals surface area (Å²) in [5, 5.41) is 29.9. The van der Waals surface area contributed by atoms with E-state index < -0.39 is 91.6 Å². The summed E-state index contributed by atoms with van der Waals surface area (Å²) in [6.07, 6.45) is 0. The van der Waals surface area contributed by atoms with Crippen molar-refractivity contribution in [1.29, 1.82) is 0 Å². The summed E-state index contributed by atoms with van der Waals surface area (Å²) in [7, 11) is -15.5. The van der Waals surface area contributed by atoms with Crippen molar-refractivity contribution in [2.24, 2.45) is 27.4 Å². The maximum atomic E-state index is 12.3. The fourth-order valence-electron chi connectivity index (χ4n) is 4.13. The second kappa shape index (κ2) is 16.7. The Morgan fingerprint density at radius 2 is 1.27 bits per heavy atom. The van der Waals surface area contributed by atoms with Gasteiger partial charge in [-0.1, -0.05) is 23.5 Å². The molecule has 0 aliphatic heterocycles. The van der Waals surface area contributed by atoms with Gasteiger partial charge in [0.25, 0.3) is 30.4 Å². The largest absolute Gasteiger partial charge is 0.480 e. The van der Waals surface area contributed by atoms with Crippen molar-refractivity contribution in [1.82, 2.24) is 15.0 Å². The van der Waals surface area contributed by atoms with E-state index in [0.29, 0.717) is 18.2 Å². The van der Waals surface area contributed by atoms with Crippen LogP contribution in [0.1, 0.15) is 0 Å². The predicted molar refractivity (Wildman–Crippen MR) is 193 cm³/mol. The second-order valence-corrected chi connectivity index (χ2v) is 16.8. The first-order valence-electron chi connectivity index (χ1n) is 14.3. The van der Waals surface area contributed by atoms with Gasteiger partial charge in [-0.2, -0.15) is 40.2 Å². The molecule has 2 amide bonds. The standard InChI is InChI=1S/C26H26N10O14S5/c27-14(21(37)38)8-51-25-32-24(33-26(34-25)52-9-15(28)22(39)40)30-11-1-2-16(17(5-11)31-23(29)41)35-36-18-7-13-10(4-20(18)55(48,49)50)3-12(53(42,43)44)6-19(13)54(45,46)47/h1-7,14-15H,8-9,27-28H2,(H,37,38)(H,39,40)(H3,29,31,41)(H,42,43,44)(H,45,46,47)(H,48,49,50)(H,30,32,33,34). The molecule has 13 N–H and O–H groups in total. The van der Waals surface area contributed by atoms with Crippen LogP contribution in [0.25, 0.3) is 10.8 Å². The van der Waals surface area contributed by atoms with E-state index in [4.69, 9.17) is 27.4 Å². The quantitative estimate of drug-likeness (QED) is 0.0432. The van der Waals surface area contributed by atoms with Crippen LogP contribution in [0.4, 0.5) is 33.5 Å². The monoisotopic (exact) mass is 862 g/mol. The number of aliphatic carboxylic acids is 2. The first kappa shape index (κ1) is 42.6. The number of carbonyl (C=O) groups excluding carboxylic acids is 1. The van der Waals surface area contributed by atoms with Gasteiger partial charge in [-0.05, 0) is 47.9 Å². The molecular formula is C26H26N10O14S5. The molecule has 3 aromatic carbocycles. The molecule has 4 rings (SSSR count). The molecule has 0 fully saturated rings. The SMILES string of the molecule is NC(=O)Nc1cc(Nc2nc(SCC(N)C(=O)O)nc(SCC(N)C(=O)O)n2)ccc1N=Nc1cc2c(S(=O)(=O)O)cc(S(=O)(=O)O)cc2cc1S(=O)(=O)O. The van der Waals surface area contributed by atoms with E-state index in [1.165, 1.54) is 18.2 Å². The number of azo groups is 1. The number of hydrogen-bond acceptors (Lipinski definition) is 19. The van der Waals surface area contributed by atoms with Crippen LogP contribution in [0.15, 0.2) is 77.7 Å². The van der Waals surface area contributed by atoms with Crippen LogP contribution in [0.3, 0.4) is 0 Å². The zero-order chi connectivity index (χ0) is 41.0. The highest BCUT2D eigenvalue weighted by atomic mass is 32.2. The molecule has 294 valence electrons. The van der Waals surface area contributed by atoms with Crippen molar-refractivity contribution in [3.8, 4) is 0 Å². The van der Waals surface area contributed by atoms with Gasteiger partial charge in [0, 0.05) is 22.6 Å². The molecule has 2 unspecified atom stereocenters. The van der Waals surface area contributed by atoms with Crippen molar-refractivity contribution in [3.05, 3.63) is 42.5 Å². The molecular weight excluding hydrogens is 837 g/mol. The molecule has 4 aromatic rings. The van der Waals surface area contributed by atoms with Gasteiger partial charge in [0.15, 0.2) is 10.3 Å². The molecule has 1 heterocycles. The summed E-state index contributed by atoms with van der Waals surface area (Å²) in [4.78, 5) is 43.6. The molecule has 24 nitrogen and oxygen atoms in total. The van der Waals surface area contributed by atoms with E-state index in [0.717, 1.165) is 29.6 Å². The van der Waals surface area contributed by atoms with E-state index in [1.54, 1.807) is 0 Å². The number of carboxylic acids is 2. The highest BCUT2D eigenvalue weighted by molar-refractivity contribution is 7.99. The third-order valence-electron chi connectivity index (χ3n) is 6.61. The Kier molecular flexibility index (Phi) is 13.0. The van der Waals surface area contributed by atoms with E-state index >= 15 is 0 Å². The van der Waals surface area contributed by atoms with Crippen LogP contribution in [0.2, 0.25) is 0 Å². The number of hydrogen-bond donors (Lipinski definition) is 10.